The van der Waals surface area contributed by atoms with Gasteiger partial charge in [0.05, 0.1) is 24.1 Å². The normalized spacial score (nSPS) is 14.2. The number of likely N-dealkylation sites (tertiary alicyclic amines) is 1. The van der Waals surface area contributed by atoms with Crippen LogP contribution in [0.1, 0.15) is 42.1 Å². The number of benzene rings is 3. The van der Waals surface area contributed by atoms with Gasteiger partial charge >= 0.3 is 6.18 Å². The van der Waals surface area contributed by atoms with E-state index in [1.54, 1.807) is 22.6 Å². The van der Waals surface area contributed by atoms with Crippen LogP contribution in [0.4, 0.5) is 22.0 Å². The Kier molecular flexibility index (Phi) is 11.7. The number of alkyl halides is 3. The van der Waals surface area contributed by atoms with Gasteiger partial charge in [-0.2, -0.15) is 18.3 Å². The summed E-state index contributed by atoms with van der Waals surface area (Å²) in [4.78, 5) is 32.1. The molecule has 0 saturated carbocycles. The molecule has 0 N–H and O–H groups in total. The summed E-state index contributed by atoms with van der Waals surface area (Å²) >= 11 is 0. The standard InChI is InChI=1S/C40H42F5N5O3/c1-3-47-19-17-32(18-20-47)49(24-27-7-9-28(10-8-27)29-11-14-31(15-12-29)40(43,44)45)37(52)26-50-33(16-13-30-5-4-6-35(41)38(30)42)23-36(51)34-25-48(21-22-53-2)46-39(34)50/h4-12,14-15,23,25,32H,3,13,16-22,24,26H2,1-2H3. The van der Waals surface area contributed by atoms with Crippen molar-refractivity contribution in [2.45, 2.75) is 64.5 Å². The zero-order chi connectivity index (χ0) is 37.7. The van der Waals surface area contributed by atoms with Gasteiger partial charge in [0.2, 0.25) is 5.91 Å². The first-order chi connectivity index (χ1) is 25.4. The molecule has 2 aromatic heterocycles. The van der Waals surface area contributed by atoms with Crippen LogP contribution < -0.4 is 5.43 Å². The molecule has 0 atom stereocenters. The Morgan fingerprint density at radius 2 is 1.64 bits per heavy atom. The van der Waals surface area contributed by atoms with Crippen LogP contribution in [0.5, 0.6) is 0 Å². The van der Waals surface area contributed by atoms with Gasteiger partial charge in [0.15, 0.2) is 22.7 Å². The third-order valence-corrected chi connectivity index (χ3v) is 10.0. The van der Waals surface area contributed by atoms with Gasteiger partial charge in [-0.05, 0) is 72.7 Å². The van der Waals surface area contributed by atoms with Gasteiger partial charge in [-0.1, -0.05) is 55.5 Å². The average molecular weight is 736 g/mol. The van der Waals surface area contributed by atoms with Crippen LogP contribution in [0.2, 0.25) is 0 Å². The smallest absolute Gasteiger partial charge is 0.383 e. The third kappa shape index (κ3) is 8.85. The summed E-state index contributed by atoms with van der Waals surface area (Å²) in [5.74, 6) is -2.10. The molecule has 1 aliphatic rings. The molecule has 0 aliphatic carbocycles. The maximum absolute atomic E-state index is 14.6. The van der Waals surface area contributed by atoms with Crippen molar-refractivity contribution in [3.8, 4) is 11.1 Å². The molecule has 3 heterocycles. The van der Waals surface area contributed by atoms with E-state index in [2.05, 4.69) is 16.9 Å². The summed E-state index contributed by atoms with van der Waals surface area (Å²) in [6, 6.07) is 17.8. The van der Waals surface area contributed by atoms with Gasteiger partial charge in [0, 0.05) is 50.7 Å². The van der Waals surface area contributed by atoms with E-state index >= 15 is 0 Å². The number of methoxy groups -OCH3 is 1. The summed E-state index contributed by atoms with van der Waals surface area (Å²) in [6.07, 6.45) is -1.01. The molecular formula is C40H42F5N5O3. The zero-order valence-corrected chi connectivity index (χ0v) is 29.7. The Hall–Kier alpha value is -4.88. The Bertz CT molecular complexity index is 2090. The van der Waals surface area contributed by atoms with E-state index in [9.17, 15) is 31.5 Å². The van der Waals surface area contributed by atoms with Crippen LogP contribution in [0.15, 0.2) is 83.8 Å². The second kappa shape index (κ2) is 16.4. The summed E-state index contributed by atoms with van der Waals surface area (Å²) in [5, 5.41) is 5.00. The lowest BCUT2D eigenvalue weighted by Gasteiger charge is -2.38. The number of pyridine rings is 1. The van der Waals surface area contributed by atoms with Crippen LogP contribution in [0.25, 0.3) is 22.2 Å². The molecule has 13 heteroatoms. The van der Waals surface area contributed by atoms with E-state index in [1.165, 1.54) is 30.3 Å². The first-order valence-corrected chi connectivity index (χ1v) is 17.7. The number of nitrogens with zero attached hydrogens (tertiary/aromatic N) is 5. The number of halogens is 5. The molecule has 5 aromatic rings. The van der Waals surface area contributed by atoms with Crippen LogP contribution in [0.3, 0.4) is 0 Å². The van der Waals surface area contributed by atoms with Crippen molar-refractivity contribution in [1.29, 1.82) is 0 Å². The number of carbonyl (C=O) groups excluding carboxylic acids is 1. The number of hydrogen-bond donors (Lipinski definition) is 0. The summed E-state index contributed by atoms with van der Waals surface area (Å²) in [6.45, 7) is 5.55. The van der Waals surface area contributed by atoms with E-state index in [4.69, 9.17) is 4.74 Å². The first kappa shape index (κ1) is 37.9. The maximum atomic E-state index is 14.6. The van der Waals surface area contributed by atoms with Crippen LogP contribution in [0, 0.1) is 11.6 Å². The minimum atomic E-state index is -4.42. The predicted molar refractivity (Wildman–Crippen MR) is 192 cm³/mol. The minimum absolute atomic E-state index is 0.0705. The molecular weight excluding hydrogens is 693 g/mol. The topological polar surface area (TPSA) is 72.6 Å². The Balaban J connectivity index is 1.31. The SMILES string of the molecule is CCN1CCC(N(Cc2ccc(-c3ccc(C(F)(F)F)cc3)cc2)C(=O)Cn2c(CCc3cccc(F)c3F)cc(=O)c3cn(CCOC)nc32)CC1. The van der Waals surface area contributed by atoms with Gasteiger partial charge in [0.1, 0.15) is 6.54 Å². The van der Waals surface area contributed by atoms with Gasteiger partial charge in [-0.25, -0.2) is 8.78 Å². The zero-order valence-electron chi connectivity index (χ0n) is 29.7. The number of amides is 1. The number of fused-ring (bicyclic) bond motifs is 1. The van der Waals surface area contributed by atoms with Crippen molar-refractivity contribution < 1.29 is 31.5 Å². The van der Waals surface area contributed by atoms with Crippen molar-refractivity contribution in [3.63, 3.8) is 0 Å². The molecule has 0 radical (unpaired) electrons. The summed E-state index contributed by atoms with van der Waals surface area (Å²) in [7, 11) is 1.56. The highest BCUT2D eigenvalue weighted by Gasteiger charge is 2.31. The number of hydrogen-bond acceptors (Lipinski definition) is 5. The molecule has 0 unspecified atom stereocenters. The highest BCUT2D eigenvalue weighted by Crippen LogP contribution is 2.31. The molecule has 8 nitrogen and oxygen atoms in total. The number of ether oxygens (including phenoxy) is 1. The van der Waals surface area contributed by atoms with Gasteiger partial charge < -0.3 is 19.1 Å². The van der Waals surface area contributed by atoms with Gasteiger partial charge in [-0.3, -0.25) is 14.3 Å². The Labute approximate surface area is 304 Å². The number of aromatic nitrogens is 3. The van der Waals surface area contributed by atoms with Crippen molar-refractivity contribution in [2.75, 3.05) is 33.4 Å². The molecule has 280 valence electrons. The average Bonchev–Trinajstić information content (AvgIpc) is 3.60. The van der Waals surface area contributed by atoms with Crippen molar-refractivity contribution in [1.82, 2.24) is 24.1 Å². The third-order valence-electron chi connectivity index (χ3n) is 10.0. The molecule has 1 fully saturated rings. The second-order valence-corrected chi connectivity index (χ2v) is 13.4. The molecule has 0 spiro atoms. The molecule has 6 rings (SSSR count). The van der Waals surface area contributed by atoms with E-state index in [-0.39, 0.29) is 42.3 Å². The quantitative estimate of drug-likeness (QED) is 0.121. The predicted octanol–water partition coefficient (Wildman–Crippen LogP) is 7.11. The van der Waals surface area contributed by atoms with Crippen molar-refractivity contribution in [2.24, 2.45) is 0 Å². The fourth-order valence-electron chi connectivity index (χ4n) is 6.96. The Morgan fingerprint density at radius 3 is 2.28 bits per heavy atom. The lowest BCUT2D eigenvalue weighted by atomic mass is 10.00. The molecule has 0 bridgehead atoms. The van der Waals surface area contributed by atoms with Crippen LogP contribution >= 0.6 is 0 Å². The fourth-order valence-corrected chi connectivity index (χ4v) is 6.96. The molecule has 1 amide bonds. The molecule has 3 aromatic carbocycles. The molecule has 1 saturated heterocycles. The fraction of sp³-hybridized carbons (Fsp3) is 0.375. The van der Waals surface area contributed by atoms with E-state index in [0.717, 1.165) is 61.8 Å². The maximum Gasteiger partial charge on any atom is 0.416 e. The monoisotopic (exact) mass is 735 g/mol. The lowest BCUT2D eigenvalue weighted by molar-refractivity contribution is -0.137. The van der Waals surface area contributed by atoms with E-state index in [0.29, 0.717) is 42.0 Å². The highest BCUT2D eigenvalue weighted by molar-refractivity contribution is 5.81. The lowest BCUT2D eigenvalue weighted by Crippen LogP contribution is -2.48. The van der Waals surface area contributed by atoms with Crippen LogP contribution in [-0.4, -0.2) is 69.4 Å². The van der Waals surface area contributed by atoms with Gasteiger partial charge in [0.25, 0.3) is 0 Å². The summed E-state index contributed by atoms with van der Waals surface area (Å²) in [5.41, 5.74) is 2.17. The summed E-state index contributed by atoms with van der Waals surface area (Å²) < 4.78 is 76.5. The first-order valence-electron chi connectivity index (χ1n) is 17.7. The van der Waals surface area contributed by atoms with Crippen molar-refractivity contribution in [3.05, 3.63) is 123 Å². The molecule has 53 heavy (non-hydrogen) atoms. The number of aryl methyl sites for hydroxylation is 2. The largest absolute Gasteiger partial charge is 0.416 e. The molecule has 1 aliphatic heterocycles. The van der Waals surface area contributed by atoms with E-state index in [1.807, 2.05) is 29.2 Å². The van der Waals surface area contributed by atoms with Crippen LogP contribution in [-0.2, 0) is 48.2 Å². The number of rotatable bonds is 13. The van der Waals surface area contributed by atoms with E-state index < -0.39 is 23.4 Å². The van der Waals surface area contributed by atoms with Gasteiger partial charge in [-0.15, -0.1) is 0 Å². The number of carbonyl (C=O) groups is 1. The highest BCUT2D eigenvalue weighted by atomic mass is 19.4. The Morgan fingerprint density at radius 1 is 0.962 bits per heavy atom. The minimum Gasteiger partial charge on any atom is -0.383 e. The second-order valence-electron chi connectivity index (χ2n) is 13.4. The van der Waals surface area contributed by atoms with Crippen molar-refractivity contribution >= 4 is 16.9 Å². The number of piperidine rings is 1.